The van der Waals surface area contributed by atoms with Crippen molar-refractivity contribution in [3.8, 4) is 11.5 Å². The lowest BCUT2D eigenvalue weighted by atomic mass is 10.1. The fourth-order valence-corrected chi connectivity index (χ4v) is 3.97. The van der Waals surface area contributed by atoms with E-state index in [0.29, 0.717) is 49.3 Å². The number of non-ortho nitro benzene ring substituents is 1. The highest BCUT2D eigenvalue weighted by atomic mass is 16.6. The van der Waals surface area contributed by atoms with Gasteiger partial charge in [0.25, 0.3) is 11.6 Å². The van der Waals surface area contributed by atoms with Gasteiger partial charge in [-0.3, -0.25) is 24.6 Å². The largest absolute Gasteiger partial charge is 0.497 e. The molecule has 0 bridgehead atoms. The van der Waals surface area contributed by atoms with Crippen molar-refractivity contribution in [3.63, 3.8) is 0 Å². The van der Waals surface area contributed by atoms with E-state index in [4.69, 9.17) is 9.47 Å². The van der Waals surface area contributed by atoms with E-state index < -0.39 is 10.8 Å². The van der Waals surface area contributed by atoms with Gasteiger partial charge in [-0.15, -0.1) is 0 Å². The number of nitro benzene ring substituents is 1. The summed E-state index contributed by atoms with van der Waals surface area (Å²) in [6, 6.07) is 10.3. The van der Waals surface area contributed by atoms with Crippen LogP contribution in [0.2, 0.25) is 0 Å². The molecule has 0 atom stereocenters. The second kappa shape index (κ2) is 12.0. The number of nitro groups is 1. The average Bonchev–Trinajstić information content (AvgIpc) is 2.93. The third-order valence-corrected chi connectivity index (χ3v) is 5.92. The Balaban J connectivity index is 1.45. The monoisotopic (exact) mass is 521 g/mol. The minimum absolute atomic E-state index is 0.0552. The van der Waals surface area contributed by atoms with Crippen LogP contribution in [0.15, 0.2) is 54.9 Å². The quantitative estimate of drug-likeness (QED) is 0.317. The van der Waals surface area contributed by atoms with Crippen LogP contribution in [0.5, 0.6) is 11.5 Å². The number of hydrogen-bond donors (Lipinski definition) is 2. The number of anilines is 3. The number of rotatable bonds is 9. The van der Waals surface area contributed by atoms with Crippen molar-refractivity contribution in [2.75, 3.05) is 62.5 Å². The van der Waals surface area contributed by atoms with Crippen LogP contribution in [0, 0.1) is 10.1 Å². The number of nitrogens with one attached hydrogen (secondary N) is 2. The normalized spacial score (nSPS) is 13.5. The molecule has 2 aromatic carbocycles. The second-order valence-electron chi connectivity index (χ2n) is 8.40. The predicted octanol–water partition coefficient (Wildman–Crippen LogP) is 2.42. The van der Waals surface area contributed by atoms with E-state index in [1.165, 1.54) is 26.4 Å². The third-order valence-electron chi connectivity index (χ3n) is 5.92. The number of aromatic nitrogens is 2. The number of ether oxygens (including phenoxy) is 2. The molecule has 38 heavy (non-hydrogen) atoms. The number of amides is 2. The molecule has 4 rings (SSSR count). The minimum Gasteiger partial charge on any atom is -0.497 e. The Morgan fingerprint density at radius 1 is 0.974 bits per heavy atom. The Labute approximate surface area is 218 Å². The van der Waals surface area contributed by atoms with Crippen molar-refractivity contribution in [2.24, 2.45) is 0 Å². The lowest BCUT2D eigenvalue weighted by molar-refractivity contribution is -0.384. The third kappa shape index (κ3) is 6.50. The summed E-state index contributed by atoms with van der Waals surface area (Å²) in [4.78, 5) is 49.3. The molecule has 1 aliphatic rings. The van der Waals surface area contributed by atoms with Gasteiger partial charge in [-0.05, 0) is 12.1 Å². The van der Waals surface area contributed by atoms with Gasteiger partial charge in [0.05, 0.1) is 36.9 Å². The highest BCUT2D eigenvalue weighted by Crippen LogP contribution is 2.28. The summed E-state index contributed by atoms with van der Waals surface area (Å²) in [6.45, 7) is 2.65. The highest BCUT2D eigenvalue weighted by molar-refractivity contribution is 6.10. The zero-order valence-corrected chi connectivity index (χ0v) is 20.9. The predicted molar refractivity (Wildman–Crippen MR) is 140 cm³/mol. The smallest absolute Gasteiger partial charge is 0.270 e. The summed E-state index contributed by atoms with van der Waals surface area (Å²) in [5, 5.41) is 16.8. The standard InChI is InChI=1S/C25H27N7O6/c1-37-19-12-17(13-20(15-19)38-2)28-24(34)21-14-18(32(35)36)4-5-22(21)29-23(33)16-30-8-10-31(11-9-30)25-26-6-3-7-27-25/h3-7,12-15H,8-11,16H2,1-2H3,(H,28,34)(H,29,33). The molecule has 0 aliphatic carbocycles. The van der Waals surface area contributed by atoms with E-state index in [0.717, 1.165) is 6.07 Å². The molecule has 0 spiro atoms. The number of carbonyl (C=O) groups excluding carboxylic acids is 2. The van der Waals surface area contributed by atoms with E-state index in [1.807, 2.05) is 9.80 Å². The Kier molecular flexibility index (Phi) is 8.28. The van der Waals surface area contributed by atoms with Crippen molar-refractivity contribution in [3.05, 3.63) is 70.5 Å². The lowest BCUT2D eigenvalue weighted by Crippen LogP contribution is -2.49. The SMILES string of the molecule is COc1cc(NC(=O)c2cc([N+](=O)[O-])ccc2NC(=O)CN2CCN(c3ncccn3)CC2)cc(OC)c1. The Hall–Kier alpha value is -4.78. The summed E-state index contributed by atoms with van der Waals surface area (Å²) in [7, 11) is 2.95. The van der Waals surface area contributed by atoms with Gasteiger partial charge in [0.1, 0.15) is 11.5 Å². The van der Waals surface area contributed by atoms with Crippen LogP contribution in [0.1, 0.15) is 10.4 Å². The van der Waals surface area contributed by atoms with Gasteiger partial charge < -0.3 is 25.0 Å². The van der Waals surface area contributed by atoms with Gasteiger partial charge in [-0.2, -0.15) is 0 Å². The summed E-state index contributed by atoms with van der Waals surface area (Å²) >= 11 is 0. The highest BCUT2D eigenvalue weighted by Gasteiger charge is 2.23. The number of nitrogens with zero attached hydrogens (tertiary/aromatic N) is 5. The maximum Gasteiger partial charge on any atom is 0.270 e. The molecule has 1 saturated heterocycles. The molecule has 0 saturated carbocycles. The first kappa shape index (κ1) is 26.3. The van der Waals surface area contributed by atoms with Crippen LogP contribution >= 0.6 is 0 Å². The van der Waals surface area contributed by atoms with E-state index in [9.17, 15) is 19.7 Å². The summed E-state index contributed by atoms with van der Waals surface area (Å²) < 4.78 is 10.4. The van der Waals surface area contributed by atoms with Crippen LogP contribution in [0.25, 0.3) is 0 Å². The van der Waals surface area contributed by atoms with Gasteiger partial charge in [-0.25, -0.2) is 9.97 Å². The van der Waals surface area contributed by atoms with Gasteiger partial charge in [0.15, 0.2) is 0 Å². The van der Waals surface area contributed by atoms with Crippen LogP contribution in [0.4, 0.5) is 23.0 Å². The molecule has 1 fully saturated rings. The molecule has 2 amide bonds. The average molecular weight is 522 g/mol. The van der Waals surface area contributed by atoms with Crippen molar-refractivity contribution in [2.45, 2.75) is 0 Å². The number of methoxy groups -OCH3 is 2. The molecule has 3 aromatic rings. The molecule has 13 heteroatoms. The molecule has 0 radical (unpaired) electrons. The zero-order chi connectivity index (χ0) is 27.1. The number of carbonyl (C=O) groups is 2. The second-order valence-corrected chi connectivity index (χ2v) is 8.40. The van der Waals surface area contributed by atoms with E-state index >= 15 is 0 Å². The van der Waals surface area contributed by atoms with Crippen molar-refractivity contribution >= 4 is 34.8 Å². The maximum atomic E-state index is 13.2. The first-order valence-electron chi connectivity index (χ1n) is 11.7. The van der Waals surface area contributed by atoms with E-state index in [1.54, 1.807) is 36.7 Å². The molecular weight excluding hydrogens is 494 g/mol. The lowest BCUT2D eigenvalue weighted by Gasteiger charge is -2.34. The van der Waals surface area contributed by atoms with Gasteiger partial charge in [0.2, 0.25) is 11.9 Å². The molecule has 1 aromatic heterocycles. The number of piperazine rings is 1. The van der Waals surface area contributed by atoms with E-state index in [2.05, 4.69) is 20.6 Å². The van der Waals surface area contributed by atoms with Crippen LogP contribution in [0.3, 0.4) is 0 Å². The molecule has 0 unspecified atom stereocenters. The minimum atomic E-state index is -0.643. The molecular formula is C25H27N7O6. The Bertz CT molecular complexity index is 1290. The van der Waals surface area contributed by atoms with Crippen molar-refractivity contribution < 1.29 is 24.0 Å². The molecule has 198 valence electrons. The van der Waals surface area contributed by atoms with Crippen LogP contribution < -0.4 is 25.0 Å². The molecule has 2 heterocycles. The first-order chi connectivity index (χ1) is 18.4. The molecule has 1 aliphatic heterocycles. The maximum absolute atomic E-state index is 13.2. The zero-order valence-electron chi connectivity index (χ0n) is 20.9. The van der Waals surface area contributed by atoms with Crippen LogP contribution in [-0.2, 0) is 4.79 Å². The topological polar surface area (TPSA) is 152 Å². The van der Waals surface area contributed by atoms with Gasteiger partial charge >= 0.3 is 0 Å². The molecule has 2 N–H and O–H groups in total. The fraction of sp³-hybridized carbons (Fsp3) is 0.280. The van der Waals surface area contributed by atoms with Gasteiger partial charge in [0, 0.05) is 74.6 Å². The number of benzene rings is 2. The van der Waals surface area contributed by atoms with Crippen LogP contribution in [-0.4, -0.2) is 78.5 Å². The molecule has 13 nitrogen and oxygen atoms in total. The summed E-state index contributed by atoms with van der Waals surface area (Å²) in [6.07, 6.45) is 3.37. The Morgan fingerprint density at radius 3 is 2.24 bits per heavy atom. The van der Waals surface area contributed by atoms with E-state index in [-0.39, 0.29) is 29.4 Å². The summed E-state index contributed by atoms with van der Waals surface area (Å²) in [5.74, 6) is 0.556. The first-order valence-corrected chi connectivity index (χ1v) is 11.7. The van der Waals surface area contributed by atoms with Crippen molar-refractivity contribution in [1.29, 1.82) is 0 Å². The van der Waals surface area contributed by atoms with Crippen molar-refractivity contribution in [1.82, 2.24) is 14.9 Å². The van der Waals surface area contributed by atoms with Gasteiger partial charge in [-0.1, -0.05) is 0 Å². The summed E-state index contributed by atoms with van der Waals surface area (Å²) in [5.41, 5.74) is 0.176. The number of hydrogen-bond acceptors (Lipinski definition) is 10. The Morgan fingerprint density at radius 2 is 1.63 bits per heavy atom. The fourth-order valence-electron chi connectivity index (χ4n) is 3.97.